The third kappa shape index (κ3) is 5.28. The molecule has 32 heavy (non-hydrogen) atoms. The summed E-state index contributed by atoms with van der Waals surface area (Å²) in [6.07, 6.45) is 0.894. The van der Waals surface area contributed by atoms with Gasteiger partial charge in [-0.3, -0.25) is 10.1 Å². The van der Waals surface area contributed by atoms with Gasteiger partial charge in [-0.25, -0.2) is 9.78 Å². The number of carbonyl (C=O) groups is 2. The van der Waals surface area contributed by atoms with E-state index in [0.29, 0.717) is 10.7 Å². The smallest absolute Gasteiger partial charge is 0.338 e. The van der Waals surface area contributed by atoms with Crippen LogP contribution in [-0.4, -0.2) is 23.5 Å². The number of nitrogens with one attached hydrogen (secondary N) is 1. The molecule has 1 N–H and O–H groups in total. The van der Waals surface area contributed by atoms with Crippen LogP contribution in [0.4, 0.5) is 5.13 Å². The Morgan fingerprint density at radius 3 is 2.22 bits per heavy atom. The molecule has 0 aliphatic carbocycles. The van der Waals surface area contributed by atoms with Crippen LogP contribution in [0.15, 0.2) is 84.2 Å². The number of aryl methyl sites for hydroxylation is 1. The molecule has 0 fully saturated rings. The summed E-state index contributed by atoms with van der Waals surface area (Å²) < 4.78 is 5.11. The Labute approximate surface area is 190 Å². The number of esters is 1. The highest BCUT2D eigenvalue weighted by Gasteiger charge is 2.12. The van der Waals surface area contributed by atoms with E-state index in [1.54, 1.807) is 12.1 Å². The maximum atomic E-state index is 12.2. The van der Waals surface area contributed by atoms with Crippen molar-refractivity contribution in [1.29, 1.82) is 0 Å². The monoisotopic (exact) mass is 442 g/mol. The van der Waals surface area contributed by atoms with Crippen LogP contribution in [0.25, 0.3) is 22.4 Å². The predicted octanol–water partition coefficient (Wildman–Crippen LogP) is 5.84. The number of benzene rings is 3. The fraction of sp³-hybridized carbons (Fsp3) is 0.115. The second kappa shape index (κ2) is 10.0. The zero-order chi connectivity index (χ0) is 22.3. The van der Waals surface area contributed by atoms with Crippen molar-refractivity contribution in [1.82, 2.24) is 4.98 Å². The summed E-state index contributed by atoms with van der Waals surface area (Å²) in [5.74, 6) is -0.954. The van der Waals surface area contributed by atoms with Crippen molar-refractivity contribution in [2.75, 3.05) is 11.9 Å². The van der Waals surface area contributed by atoms with Gasteiger partial charge in [0.1, 0.15) is 0 Å². The van der Waals surface area contributed by atoms with Crippen molar-refractivity contribution >= 4 is 28.3 Å². The van der Waals surface area contributed by atoms with Gasteiger partial charge < -0.3 is 4.74 Å². The molecule has 0 radical (unpaired) electrons. The molecule has 6 heteroatoms. The van der Waals surface area contributed by atoms with Crippen LogP contribution >= 0.6 is 11.3 Å². The number of carbonyl (C=O) groups excluding carboxylic acids is 2. The Kier molecular flexibility index (Phi) is 6.72. The molecule has 4 rings (SSSR count). The molecule has 0 spiro atoms. The molecular formula is C26H22N2O3S. The van der Waals surface area contributed by atoms with E-state index in [4.69, 9.17) is 4.74 Å². The van der Waals surface area contributed by atoms with E-state index in [9.17, 15) is 9.59 Å². The first-order chi connectivity index (χ1) is 15.6. The molecule has 0 aliphatic rings. The van der Waals surface area contributed by atoms with E-state index in [0.717, 1.165) is 34.4 Å². The second-order valence-electron chi connectivity index (χ2n) is 7.16. The lowest BCUT2D eigenvalue weighted by Gasteiger charge is -2.05. The molecule has 0 atom stereocenters. The lowest BCUT2D eigenvalue weighted by atomic mass is 10.0. The molecule has 160 valence electrons. The molecule has 4 aromatic rings. The van der Waals surface area contributed by atoms with Gasteiger partial charge >= 0.3 is 5.97 Å². The van der Waals surface area contributed by atoms with Gasteiger partial charge in [0.2, 0.25) is 0 Å². The van der Waals surface area contributed by atoms with Crippen molar-refractivity contribution in [3.05, 3.63) is 95.4 Å². The first kappa shape index (κ1) is 21.5. The van der Waals surface area contributed by atoms with Crippen molar-refractivity contribution in [2.45, 2.75) is 13.3 Å². The van der Waals surface area contributed by atoms with E-state index in [1.807, 2.05) is 54.8 Å². The van der Waals surface area contributed by atoms with E-state index < -0.39 is 11.9 Å². The number of aromatic nitrogens is 1. The number of anilines is 1. The normalized spacial score (nSPS) is 10.5. The third-order valence-electron chi connectivity index (χ3n) is 4.97. The number of amides is 1. The van der Waals surface area contributed by atoms with Gasteiger partial charge in [-0.2, -0.15) is 0 Å². The lowest BCUT2D eigenvalue weighted by Crippen LogP contribution is -2.20. The fourth-order valence-electron chi connectivity index (χ4n) is 3.17. The molecule has 1 heterocycles. The summed E-state index contributed by atoms with van der Waals surface area (Å²) in [7, 11) is 0. The minimum Gasteiger partial charge on any atom is -0.452 e. The maximum absolute atomic E-state index is 12.2. The van der Waals surface area contributed by atoms with Gasteiger partial charge in [0.25, 0.3) is 5.91 Å². The molecule has 0 aliphatic heterocycles. The highest BCUT2D eigenvalue weighted by Crippen LogP contribution is 2.27. The molecule has 0 saturated carbocycles. The predicted molar refractivity (Wildman–Crippen MR) is 128 cm³/mol. The number of thiazole rings is 1. The molecule has 0 saturated heterocycles. The van der Waals surface area contributed by atoms with Gasteiger partial charge in [0, 0.05) is 10.9 Å². The molecule has 3 aromatic carbocycles. The van der Waals surface area contributed by atoms with Crippen LogP contribution in [-0.2, 0) is 16.0 Å². The van der Waals surface area contributed by atoms with Crippen molar-refractivity contribution in [2.24, 2.45) is 0 Å². The summed E-state index contributed by atoms with van der Waals surface area (Å²) in [4.78, 5) is 28.8. The largest absolute Gasteiger partial charge is 0.452 e. The summed E-state index contributed by atoms with van der Waals surface area (Å²) in [6.45, 7) is 1.68. The number of ether oxygens (including phenoxy) is 1. The maximum Gasteiger partial charge on any atom is 0.338 e. The van der Waals surface area contributed by atoms with Crippen molar-refractivity contribution in [3.63, 3.8) is 0 Å². The van der Waals surface area contributed by atoms with Crippen molar-refractivity contribution < 1.29 is 14.3 Å². The number of hydrogen-bond donors (Lipinski definition) is 1. The van der Waals surface area contributed by atoms with Crippen LogP contribution in [0, 0.1) is 0 Å². The first-order valence-corrected chi connectivity index (χ1v) is 11.2. The second-order valence-corrected chi connectivity index (χ2v) is 8.01. The van der Waals surface area contributed by atoms with E-state index in [2.05, 4.69) is 34.6 Å². The van der Waals surface area contributed by atoms with Crippen molar-refractivity contribution in [3.8, 4) is 22.4 Å². The molecule has 0 bridgehead atoms. The van der Waals surface area contributed by atoms with Gasteiger partial charge in [-0.15, -0.1) is 11.3 Å². The quantitative estimate of drug-likeness (QED) is 0.365. The van der Waals surface area contributed by atoms with Crippen LogP contribution in [0.1, 0.15) is 22.8 Å². The van der Waals surface area contributed by atoms with E-state index in [-0.39, 0.29) is 6.61 Å². The number of hydrogen-bond acceptors (Lipinski definition) is 5. The van der Waals surface area contributed by atoms with Crippen LogP contribution in [0.5, 0.6) is 0 Å². The lowest BCUT2D eigenvalue weighted by molar-refractivity contribution is -0.119. The van der Waals surface area contributed by atoms with Crippen LogP contribution in [0.2, 0.25) is 0 Å². The summed E-state index contributed by atoms with van der Waals surface area (Å²) >= 11 is 1.32. The van der Waals surface area contributed by atoms with Gasteiger partial charge in [0.05, 0.1) is 11.3 Å². The summed E-state index contributed by atoms with van der Waals surface area (Å²) in [5.41, 5.74) is 5.57. The van der Waals surface area contributed by atoms with E-state index in [1.165, 1.54) is 11.3 Å². The average molecular weight is 443 g/mol. The fourth-order valence-corrected chi connectivity index (χ4v) is 3.91. The first-order valence-electron chi connectivity index (χ1n) is 10.3. The minimum atomic E-state index is -0.527. The minimum absolute atomic E-state index is 0.366. The number of nitrogens with zero attached hydrogens (tertiary/aromatic N) is 1. The molecule has 5 nitrogen and oxygen atoms in total. The van der Waals surface area contributed by atoms with Crippen LogP contribution in [0.3, 0.4) is 0 Å². The Hall–Kier alpha value is -3.77. The van der Waals surface area contributed by atoms with E-state index >= 15 is 0 Å². The Morgan fingerprint density at radius 1 is 0.875 bits per heavy atom. The highest BCUT2D eigenvalue weighted by atomic mass is 32.1. The highest BCUT2D eigenvalue weighted by molar-refractivity contribution is 7.14. The Morgan fingerprint density at radius 2 is 1.53 bits per heavy atom. The third-order valence-corrected chi connectivity index (χ3v) is 5.73. The zero-order valence-corrected chi connectivity index (χ0v) is 18.4. The summed E-state index contributed by atoms with van der Waals surface area (Å²) in [5, 5.41) is 5.03. The summed E-state index contributed by atoms with van der Waals surface area (Å²) in [6, 6.07) is 25.4. The Balaban J connectivity index is 1.32. The van der Waals surface area contributed by atoms with Gasteiger partial charge in [-0.05, 0) is 35.2 Å². The van der Waals surface area contributed by atoms with Crippen LogP contribution < -0.4 is 5.32 Å². The molecular weight excluding hydrogens is 420 g/mol. The van der Waals surface area contributed by atoms with Gasteiger partial charge in [-0.1, -0.05) is 73.7 Å². The SMILES string of the molecule is CCc1ccc(C(=O)OCC(=O)Nc2nc(-c3ccc(-c4ccccc4)cc3)cs2)cc1. The number of rotatable bonds is 7. The molecule has 1 aromatic heterocycles. The average Bonchev–Trinajstić information content (AvgIpc) is 3.31. The van der Waals surface area contributed by atoms with Gasteiger partial charge in [0.15, 0.2) is 11.7 Å². The zero-order valence-electron chi connectivity index (χ0n) is 17.6. The topological polar surface area (TPSA) is 68.3 Å². The Bertz CT molecular complexity index is 1200. The standard InChI is InChI=1S/C26H22N2O3S/c1-2-18-8-10-22(11-9-18)25(30)31-16-24(29)28-26-27-23(17-32-26)21-14-12-20(13-15-21)19-6-4-3-5-7-19/h3-15,17H,2,16H2,1H3,(H,27,28,29). The molecule has 0 unspecified atom stereocenters. The molecule has 1 amide bonds.